The molecule has 0 bridgehead atoms. The Kier molecular flexibility index (Phi) is 4.25. The summed E-state index contributed by atoms with van der Waals surface area (Å²) < 4.78 is 0. The molecule has 0 unspecified atom stereocenters. The van der Waals surface area contributed by atoms with E-state index in [4.69, 9.17) is 18.0 Å². The van der Waals surface area contributed by atoms with Crippen LogP contribution < -0.4 is 11.1 Å². The molecule has 5 heteroatoms. The Morgan fingerprint density at radius 1 is 1.44 bits per heavy atom. The molecule has 0 heterocycles. The summed E-state index contributed by atoms with van der Waals surface area (Å²) in [6, 6.07) is 7.46. The molecule has 0 aromatic heterocycles. The summed E-state index contributed by atoms with van der Waals surface area (Å²) in [5.74, 6) is 0.0391. The predicted molar refractivity (Wildman–Crippen MR) is 69.2 cm³/mol. The van der Waals surface area contributed by atoms with Gasteiger partial charge in [0.2, 0.25) is 5.91 Å². The Labute approximate surface area is 100 Å². The van der Waals surface area contributed by atoms with Crippen LogP contribution >= 0.6 is 12.2 Å². The number of nitrogens with zero attached hydrogens (tertiary/aromatic N) is 1. The van der Waals surface area contributed by atoms with Crippen molar-refractivity contribution in [2.24, 2.45) is 5.73 Å². The quantitative estimate of drug-likeness (QED) is 0.769. The zero-order valence-corrected chi connectivity index (χ0v) is 10.2. The molecule has 0 aliphatic rings. The molecule has 0 saturated carbocycles. The minimum Gasteiger partial charge on any atom is -0.376 e. The summed E-state index contributed by atoms with van der Waals surface area (Å²) >= 11 is 4.77. The molecule has 86 valence electrons. The number of thiocarbonyl (C=S) groups is 1. The van der Waals surface area contributed by atoms with Crippen molar-refractivity contribution in [1.29, 1.82) is 0 Å². The number of nitrogens with two attached hydrogens (primary N) is 1. The largest absolute Gasteiger partial charge is 0.376 e. The molecule has 0 fully saturated rings. The van der Waals surface area contributed by atoms with Crippen LogP contribution in [0, 0.1) is 0 Å². The summed E-state index contributed by atoms with van der Waals surface area (Å²) in [4.78, 5) is 13.1. The van der Waals surface area contributed by atoms with E-state index in [0.717, 1.165) is 11.3 Å². The molecule has 1 aromatic carbocycles. The molecular weight excluding hydrogens is 222 g/mol. The first-order chi connectivity index (χ1) is 7.50. The highest BCUT2D eigenvalue weighted by molar-refractivity contribution is 7.80. The van der Waals surface area contributed by atoms with Crippen molar-refractivity contribution in [2.45, 2.75) is 6.42 Å². The van der Waals surface area contributed by atoms with Gasteiger partial charge in [-0.3, -0.25) is 4.79 Å². The third-order valence-corrected chi connectivity index (χ3v) is 2.22. The van der Waals surface area contributed by atoms with Crippen LogP contribution in [0.4, 0.5) is 5.69 Å². The van der Waals surface area contributed by atoms with Gasteiger partial charge in [0.15, 0.2) is 5.11 Å². The number of carbonyl (C=O) groups is 1. The van der Waals surface area contributed by atoms with Gasteiger partial charge in [-0.25, -0.2) is 0 Å². The number of amides is 1. The summed E-state index contributed by atoms with van der Waals surface area (Å²) in [5, 5.41) is 3.05. The van der Waals surface area contributed by atoms with E-state index in [1.807, 2.05) is 24.3 Å². The predicted octanol–water partition coefficient (Wildman–Crippen LogP) is 0.973. The average molecular weight is 237 g/mol. The zero-order valence-electron chi connectivity index (χ0n) is 9.36. The fourth-order valence-electron chi connectivity index (χ4n) is 1.25. The number of para-hydroxylation sites is 1. The maximum absolute atomic E-state index is 11.6. The molecule has 0 radical (unpaired) electrons. The number of anilines is 1. The minimum atomic E-state index is 0.0391. The normalized spacial score (nSPS) is 9.62. The van der Waals surface area contributed by atoms with Crippen LogP contribution in [-0.2, 0) is 11.2 Å². The van der Waals surface area contributed by atoms with Gasteiger partial charge in [0.1, 0.15) is 0 Å². The van der Waals surface area contributed by atoms with E-state index in [-0.39, 0.29) is 11.0 Å². The Bertz CT molecular complexity index is 404. The first kappa shape index (κ1) is 12.4. The Morgan fingerprint density at radius 2 is 2.06 bits per heavy atom. The Hall–Kier alpha value is -1.62. The van der Waals surface area contributed by atoms with E-state index < -0.39 is 0 Å². The van der Waals surface area contributed by atoms with Gasteiger partial charge in [-0.1, -0.05) is 18.2 Å². The van der Waals surface area contributed by atoms with E-state index in [0.29, 0.717) is 6.42 Å². The van der Waals surface area contributed by atoms with Crippen molar-refractivity contribution in [1.82, 2.24) is 4.90 Å². The molecule has 3 N–H and O–H groups in total. The maximum atomic E-state index is 11.6. The highest BCUT2D eigenvalue weighted by Gasteiger charge is 2.09. The zero-order chi connectivity index (χ0) is 12.1. The molecule has 0 atom stereocenters. The average Bonchev–Trinajstić information content (AvgIpc) is 2.20. The van der Waals surface area contributed by atoms with Gasteiger partial charge in [0, 0.05) is 19.8 Å². The number of hydrogen-bond acceptors (Lipinski definition) is 2. The SMILES string of the molecule is CN(C)C(=O)Cc1ccccc1NC(N)=S. The van der Waals surface area contributed by atoms with E-state index in [9.17, 15) is 4.79 Å². The van der Waals surface area contributed by atoms with Gasteiger partial charge in [0.25, 0.3) is 0 Å². The molecule has 1 rings (SSSR count). The van der Waals surface area contributed by atoms with Crippen molar-refractivity contribution < 1.29 is 4.79 Å². The number of carbonyl (C=O) groups excluding carboxylic acids is 1. The van der Waals surface area contributed by atoms with Crippen molar-refractivity contribution in [3.63, 3.8) is 0 Å². The van der Waals surface area contributed by atoms with E-state index >= 15 is 0 Å². The molecule has 1 amide bonds. The fraction of sp³-hybridized carbons (Fsp3) is 0.273. The summed E-state index contributed by atoms with van der Waals surface area (Å²) in [5.41, 5.74) is 7.07. The van der Waals surface area contributed by atoms with Gasteiger partial charge in [-0.15, -0.1) is 0 Å². The smallest absolute Gasteiger partial charge is 0.226 e. The monoisotopic (exact) mass is 237 g/mol. The lowest BCUT2D eigenvalue weighted by Gasteiger charge is -2.13. The summed E-state index contributed by atoms with van der Waals surface area (Å²) in [7, 11) is 3.46. The molecule has 0 saturated heterocycles. The second-order valence-corrected chi connectivity index (χ2v) is 4.05. The van der Waals surface area contributed by atoms with E-state index in [1.54, 1.807) is 19.0 Å². The van der Waals surface area contributed by atoms with Gasteiger partial charge in [-0.05, 0) is 23.8 Å². The number of benzene rings is 1. The number of hydrogen-bond donors (Lipinski definition) is 2. The lowest BCUT2D eigenvalue weighted by atomic mass is 10.1. The number of likely N-dealkylation sites (N-methyl/N-ethyl adjacent to an activating group) is 1. The topological polar surface area (TPSA) is 58.4 Å². The van der Waals surface area contributed by atoms with Gasteiger partial charge in [0.05, 0.1) is 6.42 Å². The second-order valence-electron chi connectivity index (χ2n) is 3.61. The second kappa shape index (κ2) is 5.46. The van der Waals surface area contributed by atoms with Crippen molar-refractivity contribution in [2.75, 3.05) is 19.4 Å². The lowest BCUT2D eigenvalue weighted by Crippen LogP contribution is -2.25. The maximum Gasteiger partial charge on any atom is 0.226 e. The molecule has 0 spiro atoms. The molecule has 16 heavy (non-hydrogen) atoms. The highest BCUT2D eigenvalue weighted by atomic mass is 32.1. The third kappa shape index (κ3) is 3.51. The standard InChI is InChI=1S/C11H15N3OS/c1-14(2)10(15)7-8-5-3-4-6-9(8)13-11(12)16/h3-6H,7H2,1-2H3,(H3,12,13,16). The van der Waals surface area contributed by atoms with Crippen molar-refractivity contribution in [3.05, 3.63) is 29.8 Å². The summed E-state index contributed by atoms with van der Waals surface area (Å²) in [6.45, 7) is 0. The number of rotatable bonds is 3. The van der Waals surface area contributed by atoms with Crippen LogP contribution in [0.2, 0.25) is 0 Å². The van der Waals surface area contributed by atoms with Crippen LogP contribution in [0.5, 0.6) is 0 Å². The molecule has 1 aromatic rings. The van der Waals surface area contributed by atoms with E-state index in [2.05, 4.69) is 5.32 Å². The Morgan fingerprint density at radius 3 is 2.62 bits per heavy atom. The third-order valence-electron chi connectivity index (χ3n) is 2.12. The summed E-state index contributed by atoms with van der Waals surface area (Å²) in [6.07, 6.45) is 0.332. The van der Waals surface area contributed by atoms with Crippen LogP contribution in [0.15, 0.2) is 24.3 Å². The van der Waals surface area contributed by atoms with Gasteiger partial charge < -0.3 is 16.0 Å². The lowest BCUT2D eigenvalue weighted by molar-refractivity contribution is -0.127. The van der Waals surface area contributed by atoms with Crippen LogP contribution in [0.1, 0.15) is 5.56 Å². The minimum absolute atomic E-state index is 0.0391. The number of nitrogens with one attached hydrogen (secondary N) is 1. The highest BCUT2D eigenvalue weighted by Crippen LogP contribution is 2.15. The van der Waals surface area contributed by atoms with Crippen LogP contribution in [0.3, 0.4) is 0 Å². The molecule has 0 aliphatic carbocycles. The fourth-order valence-corrected chi connectivity index (χ4v) is 1.36. The van der Waals surface area contributed by atoms with Crippen molar-refractivity contribution >= 4 is 28.9 Å². The first-order valence-electron chi connectivity index (χ1n) is 4.85. The van der Waals surface area contributed by atoms with Gasteiger partial charge in [-0.2, -0.15) is 0 Å². The van der Waals surface area contributed by atoms with Crippen LogP contribution in [-0.4, -0.2) is 30.0 Å². The van der Waals surface area contributed by atoms with Gasteiger partial charge >= 0.3 is 0 Å². The van der Waals surface area contributed by atoms with E-state index in [1.165, 1.54) is 0 Å². The Balaban J connectivity index is 2.86. The van der Waals surface area contributed by atoms with Crippen molar-refractivity contribution in [3.8, 4) is 0 Å². The van der Waals surface area contributed by atoms with Crippen LogP contribution in [0.25, 0.3) is 0 Å². The molecular formula is C11H15N3OS. The first-order valence-corrected chi connectivity index (χ1v) is 5.26. The molecule has 4 nitrogen and oxygen atoms in total. The molecule has 0 aliphatic heterocycles.